The predicted octanol–water partition coefficient (Wildman–Crippen LogP) is 4.36. The summed E-state index contributed by atoms with van der Waals surface area (Å²) < 4.78 is 0. The molecule has 0 fully saturated rings. The molecule has 0 saturated heterocycles. The van der Waals surface area contributed by atoms with Crippen LogP contribution in [0.4, 0.5) is 0 Å². The molecule has 2 aromatic carbocycles. The molecule has 0 aliphatic carbocycles. The summed E-state index contributed by atoms with van der Waals surface area (Å²) in [5.74, 6) is 0. The molecule has 3 rings (SSSR count). The maximum Gasteiger partial charge on any atom is 0.0695 e. The van der Waals surface area contributed by atoms with Crippen molar-refractivity contribution in [1.29, 1.82) is 0 Å². The zero-order valence-corrected chi connectivity index (χ0v) is 13.2. The van der Waals surface area contributed by atoms with Gasteiger partial charge in [0.15, 0.2) is 0 Å². The predicted molar refractivity (Wildman–Crippen MR) is 90.6 cm³/mol. The Hall–Kier alpha value is -2.10. The van der Waals surface area contributed by atoms with E-state index in [2.05, 4.69) is 46.4 Å². The van der Waals surface area contributed by atoms with E-state index in [0.29, 0.717) is 0 Å². The van der Waals surface area contributed by atoms with Crippen molar-refractivity contribution in [2.75, 3.05) is 7.05 Å². The molecule has 0 radical (unpaired) electrons. The van der Waals surface area contributed by atoms with E-state index in [-0.39, 0.29) is 0 Å². The Morgan fingerprint density at radius 3 is 2.45 bits per heavy atom. The molecule has 0 amide bonds. The lowest BCUT2D eigenvalue weighted by Crippen LogP contribution is -2.17. The van der Waals surface area contributed by atoms with Gasteiger partial charge in [0.2, 0.25) is 0 Å². The van der Waals surface area contributed by atoms with Gasteiger partial charge in [0.25, 0.3) is 0 Å². The van der Waals surface area contributed by atoms with Gasteiger partial charge in [-0.25, -0.2) is 0 Å². The number of aromatic amines is 1. The van der Waals surface area contributed by atoms with Crippen molar-refractivity contribution in [2.24, 2.45) is 0 Å². The molecule has 4 heteroatoms. The van der Waals surface area contributed by atoms with Crippen LogP contribution >= 0.6 is 11.6 Å². The Kier molecular flexibility index (Phi) is 4.56. The Labute approximate surface area is 135 Å². The first-order chi connectivity index (χ1) is 10.7. The van der Waals surface area contributed by atoms with Crippen LogP contribution < -0.4 is 0 Å². The van der Waals surface area contributed by atoms with Crippen LogP contribution in [0.5, 0.6) is 0 Å². The highest BCUT2D eigenvalue weighted by Crippen LogP contribution is 2.24. The molecule has 0 unspecified atom stereocenters. The van der Waals surface area contributed by atoms with Crippen LogP contribution in [-0.4, -0.2) is 22.1 Å². The average Bonchev–Trinajstić information content (AvgIpc) is 2.97. The Bertz CT molecular complexity index is 720. The van der Waals surface area contributed by atoms with Gasteiger partial charge in [0.05, 0.1) is 11.9 Å². The summed E-state index contributed by atoms with van der Waals surface area (Å²) in [5, 5.41) is 8.03. The number of nitrogens with one attached hydrogen (secondary N) is 1. The van der Waals surface area contributed by atoms with Gasteiger partial charge in [0.1, 0.15) is 0 Å². The highest BCUT2D eigenvalue weighted by Gasteiger charge is 2.10. The van der Waals surface area contributed by atoms with Gasteiger partial charge in [-0.1, -0.05) is 54.1 Å². The van der Waals surface area contributed by atoms with Crippen molar-refractivity contribution >= 4 is 11.6 Å². The number of halogens is 1. The first kappa shape index (κ1) is 14.8. The van der Waals surface area contributed by atoms with Gasteiger partial charge in [-0.2, -0.15) is 5.10 Å². The third kappa shape index (κ3) is 3.56. The SMILES string of the molecule is CN(Cc1ccccc1)Cc1cn[nH]c1-c1ccc(Cl)cc1. The Morgan fingerprint density at radius 1 is 1.00 bits per heavy atom. The normalized spacial score (nSPS) is 11.0. The van der Waals surface area contributed by atoms with Gasteiger partial charge in [-0.3, -0.25) is 10.00 Å². The van der Waals surface area contributed by atoms with Gasteiger partial charge in [-0.15, -0.1) is 0 Å². The van der Waals surface area contributed by atoms with E-state index in [4.69, 9.17) is 11.6 Å². The van der Waals surface area contributed by atoms with E-state index in [1.54, 1.807) is 0 Å². The van der Waals surface area contributed by atoms with Crippen LogP contribution in [0.2, 0.25) is 5.02 Å². The quantitative estimate of drug-likeness (QED) is 0.759. The van der Waals surface area contributed by atoms with E-state index in [1.165, 1.54) is 11.1 Å². The molecular formula is C18H18ClN3. The lowest BCUT2D eigenvalue weighted by molar-refractivity contribution is 0.319. The first-order valence-electron chi connectivity index (χ1n) is 7.23. The molecule has 3 nitrogen and oxygen atoms in total. The minimum Gasteiger partial charge on any atom is -0.298 e. The van der Waals surface area contributed by atoms with Crippen molar-refractivity contribution < 1.29 is 0 Å². The third-order valence-corrected chi connectivity index (χ3v) is 3.84. The van der Waals surface area contributed by atoms with E-state index in [1.807, 2.05) is 36.5 Å². The van der Waals surface area contributed by atoms with Gasteiger partial charge >= 0.3 is 0 Å². The molecule has 0 atom stereocenters. The van der Waals surface area contributed by atoms with Crippen LogP contribution in [0, 0.1) is 0 Å². The second kappa shape index (κ2) is 6.77. The summed E-state index contributed by atoms with van der Waals surface area (Å²) in [6.07, 6.45) is 1.89. The van der Waals surface area contributed by atoms with Gasteiger partial charge in [-0.05, 0) is 30.3 Å². The molecular weight excluding hydrogens is 294 g/mol. The fourth-order valence-electron chi connectivity index (χ4n) is 2.54. The minimum atomic E-state index is 0.742. The fraction of sp³-hybridized carbons (Fsp3) is 0.167. The standard InChI is InChI=1S/C18H18ClN3/c1-22(12-14-5-3-2-4-6-14)13-16-11-20-21-18(16)15-7-9-17(19)10-8-15/h2-11H,12-13H2,1H3,(H,20,21). The highest BCUT2D eigenvalue weighted by molar-refractivity contribution is 6.30. The van der Waals surface area contributed by atoms with E-state index in [0.717, 1.165) is 29.4 Å². The molecule has 0 saturated carbocycles. The maximum atomic E-state index is 5.95. The Morgan fingerprint density at radius 2 is 1.73 bits per heavy atom. The molecule has 1 aromatic heterocycles. The fourth-order valence-corrected chi connectivity index (χ4v) is 2.67. The molecule has 112 valence electrons. The van der Waals surface area contributed by atoms with Crippen molar-refractivity contribution in [3.63, 3.8) is 0 Å². The second-order valence-electron chi connectivity index (χ2n) is 5.44. The topological polar surface area (TPSA) is 31.9 Å². The number of benzene rings is 2. The van der Waals surface area contributed by atoms with Crippen LogP contribution in [0.25, 0.3) is 11.3 Å². The molecule has 22 heavy (non-hydrogen) atoms. The number of hydrogen-bond donors (Lipinski definition) is 1. The number of aromatic nitrogens is 2. The zero-order valence-electron chi connectivity index (χ0n) is 12.5. The molecule has 3 aromatic rings. The number of H-pyrrole nitrogens is 1. The summed E-state index contributed by atoms with van der Waals surface area (Å²) in [5.41, 5.74) is 4.64. The number of rotatable bonds is 5. The first-order valence-corrected chi connectivity index (χ1v) is 7.61. The van der Waals surface area contributed by atoms with Gasteiger partial charge in [0, 0.05) is 23.7 Å². The van der Waals surface area contributed by atoms with E-state index in [9.17, 15) is 0 Å². The zero-order chi connectivity index (χ0) is 15.4. The molecule has 0 bridgehead atoms. The van der Waals surface area contributed by atoms with Crippen molar-refractivity contribution in [1.82, 2.24) is 15.1 Å². The third-order valence-electron chi connectivity index (χ3n) is 3.59. The number of nitrogens with zero attached hydrogens (tertiary/aromatic N) is 2. The van der Waals surface area contributed by atoms with Crippen molar-refractivity contribution in [3.05, 3.63) is 76.9 Å². The summed E-state index contributed by atoms with van der Waals surface area (Å²) in [4.78, 5) is 2.28. The number of hydrogen-bond acceptors (Lipinski definition) is 2. The van der Waals surface area contributed by atoms with Crippen LogP contribution in [0.3, 0.4) is 0 Å². The van der Waals surface area contributed by atoms with Crippen molar-refractivity contribution in [2.45, 2.75) is 13.1 Å². The summed E-state index contributed by atoms with van der Waals surface area (Å²) >= 11 is 5.95. The molecule has 0 spiro atoms. The molecule has 0 aliphatic rings. The van der Waals surface area contributed by atoms with Gasteiger partial charge < -0.3 is 0 Å². The Balaban J connectivity index is 1.73. The molecule has 1 heterocycles. The summed E-state index contributed by atoms with van der Waals surface area (Å²) in [6.45, 7) is 1.75. The van der Waals surface area contributed by atoms with Crippen LogP contribution in [0.1, 0.15) is 11.1 Å². The van der Waals surface area contributed by atoms with Crippen molar-refractivity contribution in [3.8, 4) is 11.3 Å². The van der Waals surface area contributed by atoms with Crippen LogP contribution in [-0.2, 0) is 13.1 Å². The second-order valence-corrected chi connectivity index (χ2v) is 5.87. The summed E-state index contributed by atoms with van der Waals surface area (Å²) in [6, 6.07) is 18.3. The minimum absolute atomic E-state index is 0.742. The largest absolute Gasteiger partial charge is 0.298 e. The smallest absolute Gasteiger partial charge is 0.0695 e. The average molecular weight is 312 g/mol. The molecule has 1 N–H and O–H groups in total. The maximum absolute atomic E-state index is 5.95. The van der Waals surface area contributed by atoms with Crippen LogP contribution in [0.15, 0.2) is 60.8 Å². The lowest BCUT2D eigenvalue weighted by atomic mass is 10.1. The highest BCUT2D eigenvalue weighted by atomic mass is 35.5. The lowest BCUT2D eigenvalue weighted by Gasteiger charge is -2.16. The molecule has 0 aliphatic heterocycles. The van der Waals surface area contributed by atoms with E-state index < -0.39 is 0 Å². The monoisotopic (exact) mass is 311 g/mol. The van der Waals surface area contributed by atoms with E-state index >= 15 is 0 Å². The summed E-state index contributed by atoms with van der Waals surface area (Å²) in [7, 11) is 2.12.